The molecule has 0 aromatic heterocycles. The lowest BCUT2D eigenvalue weighted by atomic mass is 10.0. The zero-order valence-electron chi connectivity index (χ0n) is 16.0. The van der Waals surface area contributed by atoms with Crippen molar-refractivity contribution in [3.8, 4) is 5.75 Å². The second-order valence-electron chi connectivity index (χ2n) is 7.80. The first-order valence-corrected chi connectivity index (χ1v) is 10.0. The average Bonchev–Trinajstić information content (AvgIpc) is 3.17. The molecule has 4 rings (SSSR count). The molecule has 1 fully saturated rings. The van der Waals surface area contributed by atoms with E-state index >= 15 is 0 Å². The highest BCUT2D eigenvalue weighted by atomic mass is 16.5. The number of amides is 1. The number of nitrogens with one attached hydrogen (secondary N) is 1. The lowest BCUT2D eigenvalue weighted by molar-refractivity contribution is -0.122. The van der Waals surface area contributed by atoms with Gasteiger partial charge in [-0.25, -0.2) is 0 Å². The minimum Gasteiger partial charge on any atom is -0.489 e. The highest BCUT2D eigenvalue weighted by Crippen LogP contribution is 2.36. The number of ether oxygens (including phenoxy) is 1. The number of aryl methyl sites for hydroxylation is 1. The molecule has 1 aliphatic heterocycles. The molecule has 0 spiro atoms. The lowest BCUT2D eigenvalue weighted by Crippen LogP contribution is -2.46. The summed E-state index contributed by atoms with van der Waals surface area (Å²) in [5.41, 5.74) is 3.51. The van der Waals surface area contributed by atoms with Gasteiger partial charge in [-0.1, -0.05) is 49.2 Å². The molecule has 4 heteroatoms. The van der Waals surface area contributed by atoms with E-state index in [0.29, 0.717) is 19.1 Å². The molecule has 2 aromatic carbocycles. The van der Waals surface area contributed by atoms with E-state index < -0.39 is 0 Å². The van der Waals surface area contributed by atoms with E-state index in [2.05, 4.69) is 59.6 Å². The predicted octanol–water partition coefficient (Wildman–Crippen LogP) is 4.21. The summed E-state index contributed by atoms with van der Waals surface area (Å²) in [5, 5.41) is 3.22. The third-order valence-electron chi connectivity index (χ3n) is 5.63. The summed E-state index contributed by atoms with van der Waals surface area (Å²) < 4.78 is 6.03. The van der Waals surface area contributed by atoms with Crippen LogP contribution in [-0.2, 0) is 11.3 Å². The molecule has 1 atom stereocenters. The van der Waals surface area contributed by atoms with Crippen molar-refractivity contribution in [3.05, 3.63) is 59.7 Å². The van der Waals surface area contributed by atoms with Gasteiger partial charge in [0.1, 0.15) is 12.4 Å². The second-order valence-corrected chi connectivity index (χ2v) is 7.80. The first kappa shape index (κ1) is 17.9. The van der Waals surface area contributed by atoms with E-state index in [1.165, 1.54) is 24.0 Å². The van der Waals surface area contributed by atoms with Gasteiger partial charge in [-0.15, -0.1) is 0 Å². The molecule has 27 heavy (non-hydrogen) atoms. The molecule has 0 bridgehead atoms. The highest BCUT2D eigenvalue weighted by molar-refractivity contribution is 5.78. The van der Waals surface area contributed by atoms with E-state index in [1.807, 2.05) is 6.07 Å². The summed E-state index contributed by atoms with van der Waals surface area (Å²) in [7, 11) is 0. The summed E-state index contributed by atoms with van der Waals surface area (Å²) in [6.45, 7) is 3.40. The maximum Gasteiger partial charge on any atom is 0.222 e. The Morgan fingerprint density at radius 2 is 1.93 bits per heavy atom. The van der Waals surface area contributed by atoms with E-state index in [0.717, 1.165) is 30.8 Å². The number of rotatable bonds is 5. The molecule has 142 valence electrons. The Morgan fingerprint density at radius 1 is 1.15 bits per heavy atom. The molecule has 1 N–H and O–H groups in total. The van der Waals surface area contributed by atoms with Gasteiger partial charge >= 0.3 is 0 Å². The number of carbonyl (C=O) groups is 1. The lowest BCUT2D eigenvalue weighted by Gasteiger charge is -2.38. The van der Waals surface area contributed by atoms with Crippen LogP contribution in [0.3, 0.4) is 0 Å². The molecule has 1 amide bonds. The van der Waals surface area contributed by atoms with Gasteiger partial charge in [-0.05, 0) is 43.0 Å². The Balaban J connectivity index is 1.53. The van der Waals surface area contributed by atoms with Crippen molar-refractivity contribution in [3.63, 3.8) is 0 Å². The number of fused-ring (bicyclic) bond motifs is 1. The van der Waals surface area contributed by atoms with Crippen molar-refractivity contribution >= 4 is 11.6 Å². The van der Waals surface area contributed by atoms with Crippen LogP contribution in [0, 0.1) is 6.92 Å². The molecular formula is C23H28N2O2. The Bertz CT molecular complexity index is 784. The summed E-state index contributed by atoms with van der Waals surface area (Å²) in [4.78, 5) is 15.0. The van der Waals surface area contributed by atoms with Crippen LogP contribution >= 0.6 is 0 Å². The zero-order chi connectivity index (χ0) is 18.6. The van der Waals surface area contributed by atoms with Crippen LogP contribution in [0.15, 0.2) is 48.5 Å². The number of anilines is 1. The van der Waals surface area contributed by atoms with Crippen molar-refractivity contribution in [1.29, 1.82) is 0 Å². The fourth-order valence-electron chi connectivity index (χ4n) is 4.18. The topological polar surface area (TPSA) is 41.6 Å². The van der Waals surface area contributed by atoms with Crippen LogP contribution in [0.5, 0.6) is 5.75 Å². The summed E-state index contributed by atoms with van der Waals surface area (Å²) >= 11 is 0. The van der Waals surface area contributed by atoms with Crippen molar-refractivity contribution < 1.29 is 9.53 Å². The molecule has 2 aromatic rings. The molecule has 1 saturated carbocycles. The number of carbonyl (C=O) groups excluding carboxylic acids is 1. The minimum atomic E-state index is 0.0433. The SMILES string of the molecule is Cc1ccc2c(c1)OC[C@H](CC(=O)NC1CCCC1)N2Cc1ccccc1. The van der Waals surface area contributed by atoms with Gasteiger partial charge in [0.05, 0.1) is 18.2 Å². The van der Waals surface area contributed by atoms with Crippen molar-refractivity contribution in [2.75, 3.05) is 11.5 Å². The molecule has 4 nitrogen and oxygen atoms in total. The summed E-state index contributed by atoms with van der Waals surface area (Å²) in [6, 6.07) is 17.2. The second kappa shape index (κ2) is 8.03. The van der Waals surface area contributed by atoms with E-state index in [-0.39, 0.29) is 11.9 Å². The molecule has 0 radical (unpaired) electrons. The largest absolute Gasteiger partial charge is 0.489 e. The predicted molar refractivity (Wildman–Crippen MR) is 108 cm³/mol. The van der Waals surface area contributed by atoms with Gasteiger partial charge in [0.25, 0.3) is 0 Å². The fraction of sp³-hybridized carbons (Fsp3) is 0.435. The van der Waals surface area contributed by atoms with Gasteiger partial charge in [0, 0.05) is 12.6 Å². The average molecular weight is 364 g/mol. The quantitative estimate of drug-likeness (QED) is 0.864. The molecule has 0 saturated heterocycles. The summed E-state index contributed by atoms with van der Waals surface area (Å²) in [5.74, 6) is 1.06. The Kier molecular flexibility index (Phi) is 5.33. The third-order valence-corrected chi connectivity index (χ3v) is 5.63. The van der Waals surface area contributed by atoms with Crippen molar-refractivity contribution in [2.24, 2.45) is 0 Å². The Hall–Kier alpha value is -2.49. The number of nitrogens with zero attached hydrogens (tertiary/aromatic N) is 1. The number of hydrogen-bond acceptors (Lipinski definition) is 3. The highest BCUT2D eigenvalue weighted by Gasteiger charge is 2.30. The van der Waals surface area contributed by atoms with Crippen LogP contribution in [0.25, 0.3) is 0 Å². The normalized spacial score (nSPS) is 19.4. The first-order chi connectivity index (χ1) is 13.2. The number of benzene rings is 2. The summed E-state index contributed by atoms with van der Waals surface area (Å²) in [6.07, 6.45) is 5.15. The van der Waals surface area contributed by atoms with Crippen LogP contribution in [-0.4, -0.2) is 24.6 Å². The van der Waals surface area contributed by atoms with Gasteiger partial charge in [0.2, 0.25) is 5.91 Å². The van der Waals surface area contributed by atoms with Crippen LogP contribution in [0.1, 0.15) is 43.2 Å². The standard InChI is InChI=1S/C23H28N2O2/c1-17-11-12-21-22(13-17)27-16-20(14-23(26)24-19-9-5-6-10-19)25(21)15-18-7-3-2-4-8-18/h2-4,7-8,11-13,19-20H,5-6,9-10,14-16H2,1H3,(H,24,26)/t20-/m0/s1. The molecule has 0 unspecified atom stereocenters. The van der Waals surface area contributed by atoms with Gasteiger partial charge in [-0.2, -0.15) is 0 Å². The maximum absolute atomic E-state index is 12.6. The fourth-order valence-corrected chi connectivity index (χ4v) is 4.18. The molecular weight excluding hydrogens is 336 g/mol. The Labute approximate surface area is 161 Å². The van der Waals surface area contributed by atoms with Crippen molar-refractivity contribution in [1.82, 2.24) is 5.32 Å². The van der Waals surface area contributed by atoms with E-state index in [1.54, 1.807) is 0 Å². The molecule has 2 aliphatic rings. The Morgan fingerprint density at radius 3 is 2.70 bits per heavy atom. The van der Waals surface area contributed by atoms with Crippen LogP contribution in [0.2, 0.25) is 0 Å². The minimum absolute atomic E-state index is 0.0433. The van der Waals surface area contributed by atoms with E-state index in [9.17, 15) is 4.79 Å². The van der Waals surface area contributed by atoms with Gasteiger partial charge in [-0.3, -0.25) is 4.79 Å². The van der Waals surface area contributed by atoms with Gasteiger partial charge < -0.3 is 15.0 Å². The van der Waals surface area contributed by atoms with Crippen molar-refractivity contribution in [2.45, 2.75) is 57.7 Å². The monoisotopic (exact) mass is 364 g/mol. The third kappa shape index (κ3) is 4.26. The first-order valence-electron chi connectivity index (χ1n) is 10.0. The zero-order valence-corrected chi connectivity index (χ0v) is 16.0. The smallest absolute Gasteiger partial charge is 0.222 e. The van der Waals surface area contributed by atoms with Crippen LogP contribution in [0.4, 0.5) is 5.69 Å². The van der Waals surface area contributed by atoms with Crippen LogP contribution < -0.4 is 15.0 Å². The van der Waals surface area contributed by atoms with Gasteiger partial charge in [0.15, 0.2) is 0 Å². The maximum atomic E-state index is 12.6. The number of hydrogen-bond donors (Lipinski definition) is 1. The molecule has 1 heterocycles. The van der Waals surface area contributed by atoms with E-state index in [4.69, 9.17) is 4.74 Å². The molecule has 1 aliphatic carbocycles.